The summed E-state index contributed by atoms with van der Waals surface area (Å²) in [5, 5.41) is 30.9. The molecule has 1 aliphatic rings. The highest BCUT2D eigenvalue weighted by Crippen LogP contribution is 2.24. The molecule has 0 spiro atoms. The van der Waals surface area contributed by atoms with E-state index in [1.165, 1.54) is 89.9 Å². The van der Waals surface area contributed by atoms with Gasteiger partial charge in [0.2, 0.25) is 0 Å². The van der Waals surface area contributed by atoms with Crippen molar-refractivity contribution in [3.05, 3.63) is 36.5 Å². The molecule has 0 aromatic heterocycles. The van der Waals surface area contributed by atoms with Crippen molar-refractivity contribution in [2.75, 3.05) is 19.0 Å². The minimum absolute atomic E-state index is 0.155. The van der Waals surface area contributed by atoms with Crippen molar-refractivity contribution in [3.63, 3.8) is 0 Å². The van der Waals surface area contributed by atoms with Crippen molar-refractivity contribution >= 4 is 22.1 Å². The van der Waals surface area contributed by atoms with Crippen LogP contribution in [-0.4, -0.2) is 96.0 Å². The fraction of sp³-hybridized carbons (Fsp3) is 0.830. The first-order valence-corrected chi connectivity index (χ1v) is 25.2. The Kier molecular flexibility index (Phi) is 34.9. The molecular weight excluding hydrogens is 789 g/mol. The Hall–Kier alpha value is -2.13. The van der Waals surface area contributed by atoms with Crippen LogP contribution in [0.3, 0.4) is 0 Å². The number of esters is 2. The molecule has 1 fully saturated rings. The molecule has 0 bridgehead atoms. The van der Waals surface area contributed by atoms with Gasteiger partial charge in [-0.05, 0) is 70.6 Å². The van der Waals surface area contributed by atoms with Crippen molar-refractivity contribution in [1.29, 1.82) is 0 Å². The van der Waals surface area contributed by atoms with E-state index in [4.69, 9.17) is 18.9 Å². The molecule has 1 aliphatic heterocycles. The first-order valence-electron chi connectivity index (χ1n) is 23.5. The molecule has 1 heterocycles. The number of carbonyl (C=O) groups is 2. The van der Waals surface area contributed by atoms with Gasteiger partial charge in [-0.25, -0.2) is 0 Å². The molecule has 0 radical (unpaired) electrons. The maximum atomic E-state index is 12.8. The Bertz CT molecular complexity index is 1250. The van der Waals surface area contributed by atoms with Crippen molar-refractivity contribution < 1.29 is 56.8 Å². The molecular formula is C47H84O12S. The third kappa shape index (κ3) is 31.7. The first-order chi connectivity index (χ1) is 29.0. The zero-order valence-electron chi connectivity index (χ0n) is 37.3. The second-order valence-electron chi connectivity index (χ2n) is 16.4. The minimum atomic E-state index is -4.60. The average Bonchev–Trinajstić information content (AvgIpc) is 3.21. The SMILES string of the molecule is CCCCC/C=C/C/C=C/CCCCCCCCCC(=O)O[C@H](COC(=O)CCCCCCCCC/C=C/CCCCCC)CO[C@H]1O[C@H](CS(=O)(=O)O)[C@@H](O)C(O)C1O. The van der Waals surface area contributed by atoms with Crippen LogP contribution in [0.15, 0.2) is 36.5 Å². The van der Waals surface area contributed by atoms with Gasteiger partial charge in [-0.2, -0.15) is 8.42 Å². The number of rotatable bonds is 39. The number of ether oxygens (including phenoxy) is 4. The topological polar surface area (TPSA) is 186 Å². The molecule has 350 valence electrons. The van der Waals surface area contributed by atoms with Gasteiger partial charge in [-0.1, -0.05) is 147 Å². The predicted molar refractivity (Wildman–Crippen MR) is 238 cm³/mol. The molecule has 12 nitrogen and oxygen atoms in total. The lowest BCUT2D eigenvalue weighted by atomic mass is 10.00. The minimum Gasteiger partial charge on any atom is -0.462 e. The number of hydrogen-bond donors (Lipinski definition) is 4. The predicted octanol–water partition coefficient (Wildman–Crippen LogP) is 9.78. The van der Waals surface area contributed by atoms with Crippen molar-refractivity contribution in [1.82, 2.24) is 0 Å². The normalized spacial score (nSPS) is 20.4. The quantitative estimate of drug-likeness (QED) is 0.0199. The number of aliphatic hydroxyl groups is 3. The molecule has 0 aliphatic carbocycles. The molecule has 0 saturated carbocycles. The lowest BCUT2D eigenvalue weighted by molar-refractivity contribution is -0.297. The van der Waals surface area contributed by atoms with E-state index in [0.29, 0.717) is 12.8 Å². The largest absolute Gasteiger partial charge is 0.462 e. The number of allylic oxidation sites excluding steroid dienone is 6. The maximum Gasteiger partial charge on any atom is 0.306 e. The molecule has 0 aromatic rings. The van der Waals surface area contributed by atoms with E-state index in [0.717, 1.165) is 64.2 Å². The molecule has 1 saturated heterocycles. The Balaban J connectivity index is 2.44. The molecule has 6 atom stereocenters. The van der Waals surface area contributed by atoms with Gasteiger partial charge in [-0.15, -0.1) is 0 Å². The molecule has 0 amide bonds. The van der Waals surface area contributed by atoms with Crippen LogP contribution < -0.4 is 0 Å². The average molecular weight is 873 g/mol. The van der Waals surface area contributed by atoms with Crippen LogP contribution in [0.4, 0.5) is 0 Å². The zero-order valence-corrected chi connectivity index (χ0v) is 38.1. The summed E-state index contributed by atoms with van der Waals surface area (Å²) in [4.78, 5) is 25.4. The molecule has 1 rings (SSSR count). The second-order valence-corrected chi connectivity index (χ2v) is 17.9. The Morgan fingerprint density at radius 2 is 1.00 bits per heavy atom. The summed E-state index contributed by atoms with van der Waals surface area (Å²) >= 11 is 0. The fourth-order valence-corrected chi connectivity index (χ4v) is 7.69. The highest BCUT2D eigenvalue weighted by atomic mass is 32.2. The van der Waals surface area contributed by atoms with Gasteiger partial charge >= 0.3 is 11.9 Å². The van der Waals surface area contributed by atoms with Crippen molar-refractivity contribution in [2.24, 2.45) is 0 Å². The highest BCUT2D eigenvalue weighted by molar-refractivity contribution is 7.85. The van der Waals surface area contributed by atoms with Gasteiger partial charge in [0.05, 0.1) is 6.61 Å². The fourth-order valence-electron chi connectivity index (χ4n) is 7.00. The Labute approximate surface area is 363 Å². The summed E-state index contributed by atoms with van der Waals surface area (Å²) in [7, 11) is -4.60. The number of hydrogen-bond acceptors (Lipinski definition) is 11. The summed E-state index contributed by atoms with van der Waals surface area (Å²) in [6.45, 7) is 3.72. The van der Waals surface area contributed by atoms with E-state index in [-0.39, 0.29) is 19.4 Å². The van der Waals surface area contributed by atoms with Gasteiger partial charge in [-0.3, -0.25) is 14.1 Å². The van der Waals surface area contributed by atoms with Crippen LogP contribution in [0, 0.1) is 0 Å². The summed E-state index contributed by atoms with van der Waals surface area (Å²) < 4.78 is 54.1. The van der Waals surface area contributed by atoms with Gasteiger partial charge in [0.25, 0.3) is 10.1 Å². The van der Waals surface area contributed by atoms with Crippen molar-refractivity contribution in [2.45, 2.75) is 230 Å². The smallest absolute Gasteiger partial charge is 0.306 e. The molecule has 2 unspecified atom stereocenters. The summed E-state index contributed by atoms with van der Waals surface area (Å²) in [6, 6.07) is 0. The van der Waals surface area contributed by atoms with Crippen molar-refractivity contribution in [3.8, 4) is 0 Å². The van der Waals surface area contributed by atoms with Gasteiger partial charge in [0.1, 0.15) is 36.8 Å². The monoisotopic (exact) mass is 873 g/mol. The van der Waals surface area contributed by atoms with E-state index >= 15 is 0 Å². The van der Waals surface area contributed by atoms with E-state index in [9.17, 15) is 37.9 Å². The lowest BCUT2D eigenvalue weighted by Crippen LogP contribution is -2.60. The van der Waals surface area contributed by atoms with E-state index < -0.39 is 71.2 Å². The summed E-state index contributed by atoms with van der Waals surface area (Å²) in [5.74, 6) is -2.00. The zero-order chi connectivity index (χ0) is 44.1. The van der Waals surface area contributed by atoms with E-state index in [2.05, 4.69) is 50.3 Å². The Morgan fingerprint density at radius 3 is 1.52 bits per heavy atom. The van der Waals surface area contributed by atoms with Gasteiger partial charge in [0.15, 0.2) is 12.4 Å². The lowest BCUT2D eigenvalue weighted by Gasteiger charge is -2.40. The van der Waals surface area contributed by atoms with Crippen LogP contribution >= 0.6 is 0 Å². The highest BCUT2D eigenvalue weighted by Gasteiger charge is 2.46. The second kappa shape index (κ2) is 37.4. The van der Waals surface area contributed by atoms with Crippen LogP contribution in [0.25, 0.3) is 0 Å². The Morgan fingerprint density at radius 1 is 0.567 bits per heavy atom. The molecule has 4 N–H and O–H groups in total. The standard InChI is InChI=1S/C47H84O12S/c1-3-5-7-9-11-13-15-17-19-20-22-24-26-28-30-32-34-36-43(49)58-40(38-57-47-46(52)45(51)44(50)41(59-47)39-60(53,54)55)37-56-42(48)35-33-31-29-27-25-23-21-18-16-14-12-10-8-6-4-2/h11,13-14,16-17,19,40-41,44-47,50-52H,3-10,12,15,18,20-39H2,1-2H3,(H,53,54,55)/b13-11+,16-14+,19-17+/t40-,41-,44-,45?,46?,47+/m1/s1. The first kappa shape index (κ1) is 55.9. The van der Waals surface area contributed by atoms with E-state index in [1.54, 1.807) is 0 Å². The molecule has 60 heavy (non-hydrogen) atoms. The number of carbonyl (C=O) groups excluding carboxylic acids is 2. The van der Waals surface area contributed by atoms with Crippen LogP contribution in [-0.2, 0) is 38.7 Å². The van der Waals surface area contributed by atoms with Crippen LogP contribution in [0.1, 0.15) is 194 Å². The summed E-state index contributed by atoms with van der Waals surface area (Å²) in [5.41, 5.74) is 0. The van der Waals surface area contributed by atoms with Crippen LogP contribution in [0.5, 0.6) is 0 Å². The maximum absolute atomic E-state index is 12.8. The van der Waals surface area contributed by atoms with Gasteiger partial charge < -0.3 is 34.3 Å². The molecule has 13 heteroatoms. The van der Waals surface area contributed by atoms with Gasteiger partial charge in [0, 0.05) is 12.8 Å². The number of unbranched alkanes of at least 4 members (excludes halogenated alkanes) is 21. The molecule has 0 aromatic carbocycles. The summed E-state index contributed by atoms with van der Waals surface area (Å²) in [6.07, 6.45) is 33.2. The third-order valence-corrected chi connectivity index (χ3v) is 11.4. The van der Waals surface area contributed by atoms with Crippen LogP contribution in [0.2, 0.25) is 0 Å². The number of aliphatic hydroxyl groups excluding tert-OH is 3. The van der Waals surface area contributed by atoms with E-state index in [1.807, 2.05) is 0 Å². The third-order valence-electron chi connectivity index (χ3n) is 10.7.